The van der Waals surface area contributed by atoms with Crippen molar-refractivity contribution < 1.29 is 18.7 Å². The minimum atomic E-state index is -0.395. The summed E-state index contributed by atoms with van der Waals surface area (Å²) in [6, 6.07) is 4.58. The first-order chi connectivity index (χ1) is 18.6. The second-order valence-corrected chi connectivity index (χ2v) is 11.3. The number of nitrogens with one attached hydrogen (secondary N) is 2. The Balaban J connectivity index is 1.50. The van der Waals surface area contributed by atoms with Gasteiger partial charge in [-0.05, 0) is 77.4 Å². The third-order valence-electron chi connectivity index (χ3n) is 7.18. The number of carbonyl (C=O) groups excluding carboxylic acids is 2. The van der Waals surface area contributed by atoms with Gasteiger partial charge >= 0.3 is 0 Å². The van der Waals surface area contributed by atoms with Gasteiger partial charge in [0.15, 0.2) is 0 Å². The lowest BCUT2D eigenvalue weighted by Gasteiger charge is -2.34. The van der Waals surface area contributed by atoms with Crippen molar-refractivity contribution in [3.05, 3.63) is 40.8 Å². The van der Waals surface area contributed by atoms with Crippen LogP contribution in [0.5, 0.6) is 5.75 Å². The minimum absolute atomic E-state index is 0.0563. The zero-order chi connectivity index (χ0) is 28.1. The van der Waals surface area contributed by atoms with E-state index in [9.17, 15) is 14.0 Å². The van der Waals surface area contributed by atoms with E-state index < -0.39 is 5.82 Å². The van der Waals surface area contributed by atoms with Crippen LogP contribution in [0, 0.1) is 12.7 Å². The molecule has 1 aromatic carbocycles. The summed E-state index contributed by atoms with van der Waals surface area (Å²) < 4.78 is 20.5. The molecule has 1 fully saturated rings. The summed E-state index contributed by atoms with van der Waals surface area (Å²) in [5.41, 5.74) is 1.38. The Morgan fingerprint density at radius 1 is 1.15 bits per heavy atom. The molecule has 0 bridgehead atoms. The van der Waals surface area contributed by atoms with Gasteiger partial charge in [0.25, 0.3) is 5.91 Å². The number of ether oxygens (including phenoxy) is 1. The molecule has 9 nitrogen and oxygen atoms in total. The van der Waals surface area contributed by atoms with Crippen molar-refractivity contribution in [1.29, 1.82) is 0 Å². The average molecular weight is 557 g/mol. The summed E-state index contributed by atoms with van der Waals surface area (Å²) in [4.78, 5) is 38.6. The van der Waals surface area contributed by atoms with Gasteiger partial charge in [-0.1, -0.05) is 0 Å². The number of hydrogen-bond acceptors (Lipinski definition) is 8. The molecule has 2 heterocycles. The molecule has 210 valence electrons. The number of nitrogens with zero attached hydrogens (tertiary/aromatic N) is 4. The molecule has 11 heteroatoms. The predicted octanol–water partition coefficient (Wildman–Crippen LogP) is 4.73. The number of anilines is 2. The highest BCUT2D eigenvalue weighted by Crippen LogP contribution is 2.37. The summed E-state index contributed by atoms with van der Waals surface area (Å²) in [5.74, 6) is 0.465. The summed E-state index contributed by atoms with van der Waals surface area (Å²) in [7, 11) is 5.84. The zero-order valence-corrected chi connectivity index (χ0v) is 24.0. The number of thiophene rings is 1. The summed E-state index contributed by atoms with van der Waals surface area (Å²) >= 11 is 1.33. The lowest BCUT2D eigenvalue weighted by atomic mass is 9.92. The van der Waals surface area contributed by atoms with Crippen molar-refractivity contribution in [2.75, 3.05) is 39.5 Å². The SMILES string of the molecule is CC(=O)N(C)[C@H]1CC[C@H](Oc2cc(F)ccc2Nc2ncnc3sc(C(=O)NCCCN(C)C)c(C)c23)CC1. The van der Waals surface area contributed by atoms with Gasteiger partial charge in [-0.15, -0.1) is 11.3 Å². The van der Waals surface area contributed by atoms with Gasteiger partial charge in [-0.3, -0.25) is 9.59 Å². The van der Waals surface area contributed by atoms with Crippen LogP contribution in [0.2, 0.25) is 0 Å². The Hall–Kier alpha value is -3.31. The number of hydrogen-bond donors (Lipinski definition) is 2. The van der Waals surface area contributed by atoms with Crippen LogP contribution in [0.15, 0.2) is 24.5 Å². The Morgan fingerprint density at radius 3 is 2.59 bits per heavy atom. The normalized spacial score (nSPS) is 17.3. The van der Waals surface area contributed by atoms with Crippen LogP contribution >= 0.6 is 11.3 Å². The van der Waals surface area contributed by atoms with Crippen LogP contribution in [0.25, 0.3) is 10.2 Å². The third-order valence-corrected chi connectivity index (χ3v) is 8.38. The molecule has 2 aromatic heterocycles. The molecule has 0 spiro atoms. The van der Waals surface area contributed by atoms with Crippen LogP contribution < -0.4 is 15.4 Å². The standard InChI is InChI=1S/C28H37FN6O3S/c1-17-24-26(31-16-32-28(24)39-25(17)27(37)30-13-6-14-34(3)4)33-22-12-7-19(29)15-23(22)38-21-10-8-20(9-11-21)35(5)18(2)36/h7,12,15-16,20-21H,6,8-11,13-14H2,1-5H3,(H,30,37)(H,31,32,33)/t20-,21-. The summed E-state index contributed by atoms with van der Waals surface area (Å²) in [5, 5.41) is 7.05. The fourth-order valence-electron chi connectivity index (χ4n) is 4.87. The van der Waals surface area contributed by atoms with E-state index in [1.807, 2.05) is 28.1 Å². The van der Waals surface area contributed by atoms with Gasteiger partial charge in [0, 0.05) is 32.6 Å². The maximum absolute atomic E-state index is 14.3. The molecule has 4 rings (SSSR count). The van der Waals surface area contributed by atoms with Crippen LogP contribution in [-0.4, -0.2) is 78.0 Å². The Morgan fingerprint density at radius 2 is 1.90 bits per heavy atom. The Bertz CT molecular complexity index is 1320. The molecule has 3 aromatic rings. The van der Waals surface area contributed by atoms with E-state index in [1.165, 1.54) is 29.8 Å². The number of halogens is 1. The zero-order valence-electron chi connectivity index (χ0n) is 23.2. The van der Waals surface area contributed by atoms with Crippen molar-refractivity contribution in [2.24, 2.45) is 0 Å². The quantitative estimate of drug-likeness (QED) is 0.348. The van der Waals surface area contributed by atoms with Crippen molar-refractivity contribution in [2.45, 2.75) is 58.1 Å². The average Bonchev–Trinajstić information content (AvgIpc) is 3.25. The molecule has 0 unspecified atom stereocenters. The second-order valence-electron chi connectivity index (χ2n) is 10.3. The van der Waals surface area contributed by atoms with Gasteiger partial charge in [0.05, 0.1) is 22.1 Å². The minimum Gasteiger partial charge on any atom is -0.488 e. The first-order valence-electron chi connectivity index (χ1n) is 13.3. The van der Waals surface area contributed by atoms with E-state index >= 15 is 0 Å². The smallest absolute Gasteiger partial charge is 0.261 e. The molecule has 0 aliphatic heterocycles. The van der Waals surface area contributed by atoms with Gasteiger partial charge < -0.3 is 25.2 Å². The third kappa shape index (κ3) is 7.02. The highest BCUT2D eigenvalue weighted by molar-refractivity contribution is 7.20. The van der Waals surface area contributed by atoms with Gasteiger partial charge in [0.1, 0.15) is 28.5 Å². The monoisotopic (exact) mass is 556 g/mol. The van der Waals surface area contributed by atoms with E-state index in [1.54, 1.807) is 17.9 Å². The molecule has 0 atom stereocenters. The number of aromatic nitrogens is 2. The van der Waals surface area contributed by atoms with E-state index in [0.717, 1.165) is 49.6 Å². The first kappa shape index (κ1) is 28.7. The topological polar surface area (TPSA) is 99.7 Å². The van der Waals surface area contributed by atoms with Crippen molar-refractivity contribution >= 4 is 44.9 Å². The fourth-order valence-corrected chi connectivity index (χ4v) is 5.94. The Labute approximate surface area is 232 Å². The van der Waals surface area contributed by atoms with Crippen LogP contribution in [0.3, 0.4) is 0 Å². The lowest BCUT2D eigenvalue weighted by molar-refractivity contribution is -0.130. The van der Waals surface area contributed by atoms with E-state index in [-0.39, 0.29) is 24.0 Å². The highest BCUT2D eigenvalue weighted by Gasteiger charge is 2.27. The number of fused-ring (bicyclic) bond motifs is 1. The molecule has 2 amide bonds. The first-order valence-corrected chi connectivity index (χ1v) is 14.1. The predicted molar refractivity (Wildman–Crippen MR) is 152 cm³/mol. The van der Waals surface area contributed by atoms with E-state index in [0.29, 0.717) is 33.5 Å². The molecular formula is C28H37FN6O3S. The number of rotatable bonds is 10. The van der Waals surface area contributed by atoms with Gasteiger partial charge in [0.2, 0.25) is 5.91 Å². The molecule has 2 N–H and O–H groups in total. The summed E-state index contributed by atoms with van der Waals surface area (Å²) in [6.07, 6.45) is 5.44. The largest absolute Gasteiger partial charge is 0.488 e. The molecular weight excluding hydrogens is 519 g/mol. The van der Waals surface area contributed by atoms with Crippen molar-refractivity contribution in [3.63, 3.8) is 0 Å². The number of aryl methyl sites for hydroxylation is 1. The van der Waals surface area contributed by atoms with Crippen molar-refractivity contribution in [3.8, 4) is 5.75 Å². The lowest BCUT2D eigenvalue weighted by Crippen LogP contribution is -2.40. The van der Waals surface area contributed by atoms with E-state index in [2.05, 4.69) is 25.5 Å². The van der Waals surface area contributed by atoms with Gasteiger partial charge in [-0.2, -0.15) is 0 Å². The second kappa shape index (κ2) is 12.7. The number of carbonyl (C=O) groups is 2. The van der Waals surface area contributed by atoms with Crippen LogP contribution in [0.4, 0.5) is 15.9 Å². The molecule has 1 saturated carbocycles. The molecule has 39 heavy (non-hydrogen) atoms. The molecule has 1 aliphatic rings. The van der Waals surface area contributed by atoms with Crippen LogP contribution in [-0.2, 0) is 4.79 Å². The fraction of sp³-hybridized carbons (Fsp3) is 0.500. The maximum atomic E-state index is 14.3. The van der Waals surface area contributed by atoms with E-state index in [4.69, 9.17) is 4.74 Å². The summed E-state index contributed by atoms with van der Waals surface area (Å²) in [6.45, 7) is 4.95. The number of amides is 2. The maximum Gasteiger partial charge on any atom is 0.261 e. The molecule has 0 saturated heterocycles. The number of benzene rings is 1. The van der Waals surface area contributed by atoms with Gasteiger partial charge in [-0.25, -0.2) is 14.4 Å². The Kier molecular flexibility index (Phi) is 9.34. The highest BCUT2D eigenvalue weighted by atomic mass is 32.1. The van der Waals surface area contributed by atoms with Crippen LogP contribution in [0.1, 0.15) is 54.3 Å². The van der Waals surface area contributed by atoms with Crippen molar-refractivity contribution in [1.82, 2.24) is 25.1 Å². The molecule has 0 radical (unpaired) electrons. The molecule has 1 aliphatic carbocycles.